The number of likely N-dealkylation sites (tertiary alicyclic amines) is 1. The van der Waals surface area contributed by atoms with Gasteiger partial charge in [-0.05, 0) is 73.7 Å². The molecule has 0 aromatic heterocycles. The first-order valence-corrected chi connectivity index (χ1v) is 10.7. The number of nitrogens with zero attached hydrogens (tertiary/aromatic N) is 1. The van der Waals surface area contributed by atoms with Crippen LogP contribution in [-0.2, 0) is 13.0 Å². The second kappa shape index (κ2) is 9.84. The van der Waals surface area contributed by atoms with Gasteiger partial charge in [0.15, 0.2) is 0 Å². The standard InChI is InChI=1S/C26H26F2N2O/c27-23-10-11-25(24(28)17-23)29-26(31)22-8-6-21(7-9-22)18-30-14-12-20(13-15-30)16-19-4-2-1-3-5-19/h1-11,17,20H,12-16,18H2,(H,29,31). The van der Waals surface area contributed by atoms with Crippen LogP contribution < -0.4 is 5.32 Å². The van der Waals surface area contributed by atoms with Crippen LogP contribution in [0.2, 0.25) is 0 Å². The van der Waals surface area contributed by atoms with E-state index >= 15 is 0 Å². The van der Waals surface area contributed by atoms with Gasteiger partial charge in [0.25, 0.3) is 5.91 Å². The normalized spacial score (nSPS) is 15.0. The Kier molecular flexibility index (Phi) is 6.73. The van der Waals surface area contributed by atoms with Crippen molar-refractivity contribution in [1.82, 2.24) is 4.90 Å². The zero-order chi connectivity index (χ0) is 21.6. The summed E-state index contributed by atoms with van der Waals surface area (Å²) in [4.78, 5) is 14.8. The van der Waals surface area contributed by atoms with E-state index in [2.05, 4.69) is 40.5 Å². The molecule has 3 nitrogen and oxygen atoms in total. The molecular weight excluding hydrogens is 394 g/mol. The van der Waals surface area contributed by atoms with Crippen LogP contribution in [0.3, 0.4) is 0 Å². The topological polar surface area (TPSA) is 32.3 Å². The number of nitrogens with one attached hydrogen (secondary N) is 1. The first kappa shape index (κ1) is 21.2. The molecule has 3 aromatic carbocycles. The van der Waals surface area contributed by atoms with Crippen molar-refractivity contribution in [2.45, 2.75) is 25.8 Å². The third kappa shape index (κ3) is 5.76. The lowest BCUT2D eigenvalue weighted by Crippen LogP contribution is -2.33. The zero-order valence-corrected chi connectivity index (χ0v) is 17.4. The number of carbonyl (C=O) groups is 1. The summed E-state index contributed by atoms with van der Waals surface area (Å²) in [6.07, 6.45) is 3.53. The highest BCUT2D eigenvalue weighted by Gasteiger charge is 2.19. The summed E-state index contributed by atoms with van der Waals surface area (Å²) in [7, 11) is 0. The van der Waals surface area contributed by atoms with E-state index in [9.17, 15) is 13.6 Å². The van der Waals surface area contributed by atoms with Crippen molar-refractivity contribution in [3.8, 4) is 0 Å². The van der Waals surface area contributed by atoms with Crippen LogP contribution in [0.1, 0.15) is 34.3 Å². The summed E-state index contributed by atoms with van der Waals surface area (Å²) in [5.74, 6) is -1.15. The summed E-state index contributed by atoms with van der Waals surface area (Å²) >= 11 is 0. The molecule has 1 aliphatic heterocycles. The molecule has 0 bridgehead atoms. The van der Waals surface area contributed by atoms with Gasteiger partial charge in [-0.3, -0.25) is 9.69 Å². The van der Waals surface area contributed by atoms with E-state index in [0.29, 0.717) is 5.56 Å². The Hall–Kier alpha value is -3.05. The van der Waals surface area contributed by atoms with Crippen LogP contribution in [0, 0.1) is 17.6 Å². The van der Waals surface area contributed by atoms with Crippen molar-refractivity contribution in [3.63, 3.8) is 0 Å². The molecule has 1 N–H and O–H groups in total. The molecule has 4 rings (SSSR count). The predicted molar refractivity (Wildman–Crippen MR) is 119 cm³/mol. The monoisotopic (exact) mass is 420 g/mol. The van der Waals surface area contributed by atoms with Gasteiger partial charge in [0.1, 0.15) is 11.6 Å². The van der Waals surface area contributed by atoms with Crippen LogP contribution in [0.5, 0.6) is 0 Å². The number of benzene rings is 3. The van der Waals surface area contributed by atoms with E-state index in [4.69, 9.17) is 0 Å². The minimum absolute atomic E-state index is 0.0335. The molecule has 31 heavy (non-hydrogen) atoms. The van der Waals surface area contributed by atoms with Crippen LogP contribution in [0.15, 0.2) is 72.8 Å². The van der Waals surface area contributed by atoms with Gasteiger partial charge in [0.2, 0.25) is 0 Å². The van der Waals surface area contributed by atoms with Gasteiger partial charge in [-0.2, -0.15) is 0 Å². The average Bonchev–Trinajstić information content (AvgIpc) is 2.78. The smallest absolute Gasteiger partial charge is 0.255 e. The SMILES string of the molecule is O=C(Nc1ccc(F)cc1F)c1ccc(CN2CCC(Cc3ccccc3)CC2)cc1. The molecule has 0 spiro atoms. The molecule has 3 aromatic rings. The molecule has 1 amide bonds. The van der Waals surface area contributed by atoms with Gasteiger partial charge < -0.3 is 5.32 Å². The molecular formula is C26H26F2N2O. The fraction of sp³-hybridized carbons (Fsp3) is 0.269. The summed E-state index contributed by atoms with van der Waals surface area (Å²) in [5, 5.41) is 2.49. The second-order valence-electron chi connectivity index (χ2n) is 8.18. The lowest BCUT2D eigenvalue weighted by atomic mass is 9.90. The third-order valence-electron chi connectivity index (χ3n) is 5.88. The lowest BCUT2D eigenvalue weighted by Gasteiger charge is -2.32. The van der Waals surface area contributed by atoms with Gasteiger partial charge in [0.05, 0.1) is 5.69 Å². The van der Waals surface area contributed by atoms with Gasteiger partial charge in [-0.25, -0.2) is 8.78 Å². The Morgan fingerprint density at radius 2 is 1.61 bits per heavy atom. The largest absolute Gasteiger partial charge is 0.319 e. The number of amides is 1. The summed E-state index contributed by atoms with van der Waals surface area (Å²) < 4.78 is 26.7. The Balaban J connectivity index is 1.27. The highest BCUT2D eigenvalue weighted by atomic mass is 19.1. The Morgan fingerprint density at radius 3 is 2.29 bits per heavy atom. The molecule has 1 saturated heterocycles. The van der Waals surface area contributed by atoms with Crippen molar-refractivity contribution in [2.75, 3.05) is 18.4 Å². The minimum Gasteiger partial charge on any atom is -0.319 e. The lowest BCUT2D eigenvalue weighted by molar-refractivity contribution is 0.102. The highest BCUT2D eigenvalue weighted by Crippen LogP contribution is 2.23. The van der Waals surface area contributed by atoms with E-state index < -0.39 is 17.5 Å². The van der Waals surface area contributed by atoms with E-state index in [0.717, 1.165) is 49.7 Å². The van der Waals surface area contributed by atoms with Gasteiger partial charge in [0, 0.05) is 18.2 Å². The van der Waals surface area contributed by atoms with Crippen molar-refractivity contribution < 1.29 is 13.6 Å². The number of halogens is 2. The maximum absolute atomic E-state index is 13.7. The quantitative estimate of drug-likeness (QED) is 0.557. The molecule has 0 radical (unpaired) electrons. The molecule has 5 heteroatoms. The maximum atomic E-state index is 13.7. The molecule has 160 valence electrons. The molecule has 1 fully saturated rings. The minimum atomic E-state index is -0.791. The molecule has 0 aliphatic carbocycles. The Labute approximate surface area is 181 Å². The third-order valence-corrected chi connectivity index (χ3v) is 5.88. The van der Waals surface area contributed by atoms with E-state index in [1.165, 1.54) is 24.5 Å². The number of rotatable bonds is 6. The van der Waals surface area contributed by atoms with E-state index in [1.54, 1.807) is 12.1 Å². The number of anilines is 1. The Bertz CT molecular complexity index is 1010. The first-order valence-electron chi connectivity index (χ1n) is 10.7. The van der Waals surface area contributed by atoms with Gasteiger partial charge in [-0.15, -0.1) is 0 Å². The molecule has 0 atom stereocenters. The van der Waals surface area contributed by atoms with E-state index in [-0.39, 0.29) is 5.69 Å². The van der Waals surface area contributed by atoms with Crippen LogP contribution in [0.4, 0.5) is 14.5 Å². The molecule has 1 heterocycles. The molecule has 1 aliphatic rings. The highest BCUT2D eigenvalue weighted by molar-refractivity contribution is 6.04. The van der Waals surface area contributed by atoms with Crippen LogP contribution in [-0.4, -0.2) is 23.9 Å². The van der Waals surface area contributed by atoms with Gasteiger partial charge >= 0.3 is 0 Å². The van der Waals surface area contributed by atoms with Crippen LogP contribution >= 0.6 is 0 Å². The zero-order valence-electron chi connectivity index (χ0n) is 17.4. The summed E-state index contributed by atoms with van der Waals surface area (Å²) in [5.41, 5.74) is 2.96. The van der Waals surface area contributed by atoms with Crippen molar-refractivity contribution >= 4 is 11.6 Å². The van der Waals surface area contributed by atoms with Crippen molar-refractivity contribution in [1.29, 1.82) is 0 Å². The summed E-state index contributed by atoms with van der Waals surface area (Å²) in [6.45, 7) is 3.00. The maximum Gasteiger partial charge on any atom is 0.255 e. The predicted octanol–water partition coefficient (Wildman–Crippen LogP) is 5.67. The van der Waals surface area contributed by atoms with E-state index in [1.807, 2.05) is 12.1 Å². The second-order valence-corrected chi connectivity index (χ2v) is 8.18. The summed E-state index contributed by atoms with van der Waals surface area (Å²) in [6, 6.07) is 21.1. The molecule has 0 saturated carbocycles. The van der Waals surface area contributed by atoms with Crippen molar-refractivity contribution in [3.05, 3.63) is 101 Å². The first-order chi connectivity index (χ1) is 15.1. The number of hydrogen-bond acceptors (Lipinski definition) is 2. The van der Waals surface area contributed by atoms with Crippen LogP contribution in [0.25, 0.3) is 0 Å². The molecule has 0 unspecified atom stereocenters. The van der Waals surface area contributed by atoms with Gasteiger partial charge in [-0.1, -0.05) is 42.5 Å². The number of carbonyl (C=O) groups excluding carboxylic acids is 1. The Morgan fingerprint density at radius 1 is 0.903 bits per heavy atom. The number of hydrogen-bond donors (Lipinski definition) is 1. The fourth-order valence-electron chi connectivity index (χ4n) is 4.10. The van der Waals surface area contributed by atoms with Crippen molar-refractivity contribution in [2.24, 2.45) is 5.92 Å². The average molecular weight is 421 g/mol. The fourth-order valence-corrected chi connectivity index (χ4v) is 4.10. The number of piperidine rings is 1.